The summed E-state index contributed by atoms with van der Waals surface area (Å²) in [5.41, 5.74) is -0.209. The van der Waals surface area contributed by atoms with E-state index in [1.807, 2.05) is 0 Å². The van der Waals surface area contributed by atoms with Gasteiger partial charge in [-0.3, -0.25) is 14.5 Å². The molecule has 164 valence electrons. The van der Waals surface area contributed by atoms with Gasteiger partial charge in [-0.05, 0) is 49.1 Å². The minimum absolute atomic E-state index is 0.173. The van der Waals surface area contributed by atoms with Crippen molar-refractivity contribution in [1.82, 2.24) is 10.2 Å². The first-order valence-electron chi connectivity index (χ1n) is 10.3. The fourth-order valence-electron chi connectivity index (χ4n) is 4.39. The SMILES string of the molecule is COc1ccc(NC(=O)CN2C(=O)NC3(CCC(C(C)(C)C)CC3)C2=O)cc1OC. The van der Waals surface area contributed by atoms with E-state index in [9.17, 15) is 14.4 Å². The monoisotopic (exact) mass is 417 g/mol. The zero-order valence-corrected chi connectivity index (χ0v) is 18.3. The number of amides is 4. The van der Waals surface area contributed by atoms with Crippen LogP contribution in [0, 0.1) is 11.3 Å². The van der Waals surface area contributed by atoms with Crippen LogP contribution < -0.4 is 20.1 Å². The van der Waals surface area contributed by atoms with E-state index in [1.165, 1.54) is 14.2 Å². The van der Waals surface area contributed by atoms with Crippen molar-refractivity contribution in [3.63, 3.8) is 0 Å². The van der Waals surface area contributed by atoms with Gasteiger partial charge in [0.1, 0.15) is 12.1 Å². The van der Waals surface area contributed by atoms with Gasteiger partial charge >= 0.3 is 6.03 Å². The molecule has 1 spiro atoms. The summed E-state index contributed by atoms with van der Waals surface area (Å²) in [6, 6.07) is 4.46. The Kier molecular flexibility index (Phi) is 5.97. The van der Waals surface area contributed by atoms with E-state index in [1.54, 1.807) is 18.2 Å². The van der Waals surface area contributed by atoms with Crippen molar-refractivity contribution < 1.29 is 23.9 Å². The molecule has 0 unspecified atom stereocenters. The number of anilines is 1. The van der Waals surface area contributed by atoms with E-state index in [2.05, 4.69) is 31.4 Å². The predicted molar refractivity (Wildman–Crippen MR) is 113 cm³/mol. The van der Waals surface area contributed by atoms with Crippen LogP contribution in [0.3, 0.4) is 0 Å². The molecular formula is C22H31N3O5. The molecule has 0 aromatic heterocycles. The zero-order valence-electron chi connectivity index (χ0n) is 18.3. The average Bonchev–Trinajstić information content (AvgIpc) is 2.91. The third-order valence-corrected chi connectivity index (χ3v) is 6.28. The maximum Gasteiger partial charge on any atom is 0.325 e. The summed E-state index contributed by atoms with van der Waals surface area (Å²) in [5.74, 6) is 0.765. The van der Waals surface area contributed by atoms with Crippen LogP contribution in [0.2, 0.25) is 0 Å². The molecule has 8 heteroatoms. The van der Waals surface area contributed by atoms with Crippen LogP contribution in [0.5, 0.6) is 11.5 Å². The Labute approximate surface area is 177 Å². The maximum absolute atomic E-state index is 13.0. The third-order valence-electron chi connectivity index (χ3n) is 6.28. The van der Waals surface area contributed by atoms with E-state index in [0.29, 0.717) is 35.9 Å². The number of carbonyl (C=O) groups excluding carboxylic acids is 3. The second-order valence-corrected chi connectivity index (χ2v) is 9.16. The third kappa shape index (κ3) is 4.22. The lowest BCUT2D eigenvalue weighted by Gasteiger charge is -2.40. The van der Waals surface area contributed by atoms with Gasteiger partial charge in [-0.2, -0.15) is 0 Å². The number of benzene rings is 1. The Hall–Kier alpha value is -2.77. The highest BCUT2D eigenvalue weighted by Gasteiger charge is 2.53. The van der Waals surface area contributed by atoms with Gasteiger partial charge in [0.25, 0.3) is 5.91 Å². The van der Waals surface area contributed by atoms with Crippen LogP contribution in [-0.4, -0.2) is 49.0 Å². The molecule has 2 N–H and O–H groups in total. The quantitative estimate of drug-likeness (QED) is 0.718. The second-order valence-electron chi connectivity index (χ2n) is 9.16. The molecule has 2 aliphatic rings. The Balaban J connectivity index is 1.64. The number of nitrogens with zero attached hydrogens (tertiary/aromatic N) is 1. The lowest BCUT2D eigenvalue weighted by Crippen LogP contribution is -2.50. The zero-order chi connectivity index (χ0) is 22.1. The summed E-state index contributed by atoms with van der Waals surface area (Å²) < 4.78 is 10.4. The first-order chi connectivity index (χ1) is 14.1. The summed E-state index contributed by atoms with van der Waals surface area (Å²) in [7, 11) is 3.03. The average molecular weight is 418 g/mol. The summed E-state index contributed by atoms with van der Waals surface area (Å²) in [5, 5.41) is 5.57. The Morgan fingerprint density at radius 3 is 2.37 bits per heavy atom. The number of urea groups is 1. The van der Waals surface area contributed by atoms with Gasteiger partial charge in [0, 0.05) is 11.8 Å². The van der Waals surface area contributed by atoms with Crippen LogP contribution in [0.1, 0.15) is 46.5 Å². The highest BCUT2D eigenvalue weighted by molar-refractivity contribution is 6.10. The van der Waals surface area contributed by atoms with E-state index in [-0.39, 0.29) is 17.9 Å². The molecule has 8 nitrogen and oxygen atoms in total. The van der Waals surface area contributed by atoms with Crippen molar-refractivity contribution in [3.8, 4) is 11.5 Å². The van der Waals surface area contributed by atoms with Crippen molar-refractivity contribution in [2.45, 2.75) is 52.0 Å². The minimum atomic E-state index is -0.873. The molecule has 0 atom stereocenters. The van der Waals surface area contributed by atoms with Gasteiger partial charge in [-0.25, -0.2) is 4.79 Å². The first kappa shape index (κ1) is 21.9. The first-order valence-corrected chi connectivity index (χ1v) is 10.3. The number of carbonyl (C=O) groups is 3. The number of nitrogens with one attached hydrogen (secondary N) is 2. The van der Waals surface area contributed by atoms with Crippen molar-refractivity contribution in [3.05, 3.63) is 18.2 Å². The molecule has 1 saturated heterocycles. The normalized spacial score (nSPS) is 24.0. The van der Waals surface area contributed by atoms with Crippen LogP contribution in [0.15, 0.2) is 18.2 Å². The number of imide groups is 1. The molecule has 1 aromatic rings. The van der Waals surface area contributed by atoms with Crippen molar-refractivity contribution in [2.24, 2.45) is 11.3 Å². The molecule has 2 fully saturated rings. The number of hydrogen-bond donors (Lipinski definition) is 2. The van der Waals surface area contributed by atoms with Crippen molar-refractivity contribution >= 4 is 23.5 Å². The predicted octanol–water partition coefficient (Wildman–Crippen LogP) is 3.17. The molecular weight excluding hydrogens is 386 g/mol. The van der Waals surface area contributed by atoms with Gasteiger partial charge in [-0.15, -0.1) is 0 Å². The summed E-state index contributed by atoms with van der Waals surface area (Å²) in [6.45, 7) is 6.28. The lowest BCUT2D eigenvalue weighted by molar-refractivity contribution is -0.135. The van der Waals surface area contributed by atoms with Crippen LogP contribution in [0.25, 0.3) is 0 Å². The second kappa shape index (κ2) is 8.16. The van der Waals surface area contributed by atoms with Crippen LogP contribution >= 0.6 is 0 Å². The van der Waals surface area contributed by atoms with E-state index in [0.717, 1.165) is 17.7 Å². The largest absolute Gasteiger partial charge is 0.493 e. The molecule has 1 aliphatic heterocycles. The van der Waals surface area contributed by atoms with Crippen molar-refractivity contribution in [1.29, 1.82) is 0 Å². The molecule has 0 bridgehead atoms. The van der Waals surface area contributed by atoms with Gasteiger partial charge in [-0.1, -0.05) is 20.8 Å². The highest BCUT2D eigenvalue weighted by Crippen LogP contribution is 2.43. The Bertz CT molecular complexity index is 838. The summed E-state index contributed by atoms with van der Waals surface area (Å²) in [6.07, 6.45) is 2.96. The number of methoxy groups -OCH3 is 2. The van der Waals surface area contributed by atoms with Gasteiger partial charge in [0.2, 0.25) is 5.91 Å². The highest BCUT2D eigenvalue weighted by atomic mass is 16.5. The van der Waals surface area contributed by atoms with Crippen molar-refractivity contribution in [2.75, 3.05) is 26.1 Å². The van der Waals surface area contributed by atoms with Crippen LogP contribution in [0.4, 0.5) is 10.5 Å². The Morgan fingerprint density at radius 1 is 1.17 bits per heavy atom. The topological polar surface area (TPSA) is 97.0 Å². The van der Waals surface area contributed by atoms with Gasteiger partial charge in [0.05, 0.1) is 14.2 Å². The molecule has 3 rings (SSSR count). The summed E-state index contributed by atoms with van der Waals surface area (Å²) in [4.78, 5) is 39.1. The fraction of sp³-hybridized carbons (Fsp3) is 0.591. The van der Waals surface area contributed by atoms with Gasteiger partial charge < -0.3 is 20.1 Å². The molecule has 30 heavy (non-hydrogen) atoms. The van der Waals surface area contributed by atoms with E-state index < -0.39 is 17.5 Å². The number of ether oxygens (including phenoxy) is 2. The lowest BCUT2D eigenvalue weighted by atomic mass is 9.67. The standard InChI is InChI=1S/C22H31N3O5/c1-21(2,3)14-8-10-22(11-9-14)19(27)25(20(28)24-22)13-18(26)23-15-6-7-16(29-4)17(12-15)30-5/h6-7,12,14H,8-11,13H2,1-5H3,(H,23,26)(H,24,28). The maximum atomic E-state index is 13.0. The number of rotatable bonds is 5. The van der Waals surface area contributed by atoms with E-state index in [4.69, 9.17) is 9.47 Å². The summed E-state index contributed by atoms with van der Waals surface area (Å²) >= 11 is 0. The molecule has 1 aliphatic carbocycles. The van der Waals surface area contributed by atoms with E-state index >= 15 is 0 Å². The van der Waals surface area contributed by atoms with Crippen LogP contribution in [-0.2, 0) is 9.59 Å². The molecule has 0 radical (unpaired) electrons. The smallest absolute Gasteiger partial charge is 0.325 e. The molecule has 1 saturated carbocycles. The Morgan fingerprint density at radius 2 is 1.80 bits per heavy atom. The molecule has 4 amide bonds. The van der Waals surface area contributed by atoms with Gasteiger partial charge in [0.15, 0.2) is 11.5 Å². The fourth-order valence-corrected chi connectivity index (χ4v) is 4.39. The molecule has 1 heterocycles. The molecule has 1 aromatic carbocycles. The minimum Gasteiger partial charge on any atom is -0.493 e. The number of hydrogen-bond acceptors (Lipinski definition) is 5.